The molecule has 1 aromatic heterocycles. The summed E-state index contributed by atoms with van der Waals surface area (Å²) in [4.78, 5) is 36.2. The summed E-state index contributed by atoms with van der Waals surface area (Å²) in [6.45, 7) is 2.27. The molecule has 0 aliphatic carbocycles. The predicted octanol–water partition coefficient (Wildman–Crippen LogP) is 1.85. The zero-order valence-corrected chi connectivity index (χ0v) is 14.2. The van der Waals surface area contributed by atoms with E-state index in [1.807, 2.05) is 19.1 Å². The lowest BCUT2D eigenvalue weighted by Gasteiger charge is -2.17. The standard InChI is InChI=1S/C17H21N5O3/c1-3-4-15(23)20-13-7-5-12(6-8-13)10-18-17(25)22(2)14-9-16(24)21-19-11-14/h5-9,11H,3-4,10H2,1-2H3,(H,18,25)(H,20,23)(H,21,24). The van der Waals surface area contributed by atoms with Crippen molar-refractivity contribution < 1.29 is 9.59 Å². The van der Waals surface area contributed by atoms with Gasteiger partial charge in [-0.1, -0.05) is 19.1 Å². The fourth-order valence-corrected chi connectivity index (χ4v) is 2.12. The zero-order chi connectivity index (χ0) is 18.2. The van der Waals surface area contributed by atoms with Crippen molar-refractivity contribution in [3.63, 3.8) is 0 Å². The first-order chi connectivity index (χ1) is 12.0. The van der Waals surface area contributed by atoms with Crippen molar-refractivity contribution in [3.8, 4) is 0 Å². The SMILES string of the molecule is CCCC(=O)Nc1ccc(CNC(=O)N(C)c2cn[nH]c(=O)c2)cc1. The van der Waals surface area contributed by atoms with Gasteiger partial charge in [0.25, 0.3) is 5.56 Å². The van der Waals surface area contributed by atoms with Crippen LogP contribution in [0.3, 0.4) is 0 Å². The number of aromatic nitrogens is 2. The number of anilines is 2. The number of amides is 3. The molecule has 2 rings (SSSR count). The molecule has 8 heteroatoms. The van der Waals surface area contributed by atoms with Gasteiger partial charge in [0.15, 0.2) is 0 Å². The number of urea groups is 1. The second kappa shape index (κ2) is 8.62. The van der Waals surface area contributed by atoms with E-state index in [1.54, 1.807) is 19.2 Å². The summed E-state index contributed by atoms with van der Waals surface area (Å²) in [5.41, 5.74) is 1.63. The maximum absolute atomic E-state index is 12.1. The van der Waals surface area contributed by atoms with E-state index in [1.165, 1.54) is 17.2 Å². The molecule has 0 unspecified atom stereocenters. The lowest BCUT2D eigenvalue weighted by Crippen LogP contribution is -2.37. The van der Waals surface area contributed by atoms with Gasteiger partial charge in [-0.2, -0.15) is 5.10 Å². The highest BCUT2D eigenvalue weighted by molar-refractivity contribution is 5.91. The number of hydrogen-bond acceptors (Lipinski definition) is 4. The maximum Gasteiger partial charge on any atom is 0.321 e. The van der Waals surface area contributed by atoms with Gasteiger partial charge < -0.3 is 10.6 Å². The van der Waals surface area contributed by atoms with E-state index < -0.39 is 0 Å². The average Bonchev–Trinajstić information content (AvgIpc) is 2.60. The van der Waals surface area contributed by atoms with Crippen LogP contribution in [0.4, 0.5) is 16.2 Å². The zero-order valence-electron chi connectivity index (χ0n) is 14.2. The highest BCUT2D eigenvalue weighted by atomic mass is 16.2. The molecule has 132 valence electrons. The molecule has 25 heavy (non-hydrogen) atoms. The quantitative estimate of drug-likeness (QED) is 0.744. The number of nitrogens with zero attached hydrogens (tertiary/aromatic N) is 2. The summed E-state index contributed by atoms with van der Waals surface area (Å²) >= 11 is 0. The molecule has 0 saturated carbocycles. The Bertz CT molecular complexity index is 785. The van der Waals surface area contributed by atoms with Gasteiger partial charge in [-0.05, 0) is 24.1 Å². The van der Waals surface area contributed by atoms with Gasteiger partial charge in [-0.3, -0.25) is 14.5 Å². The highest BCUT2D eigenvalue weighted by Crippen LogP contribution is 2.11. The van der Waals surface area contributed by atoms with Gasteiger partial charge in [-0.25, -0.2) is 9.89 Å². The van der Waals surface area contributed by atoms with Gasteiger partial charge in [-0.15, -0.1) is 0 Å². The van der Waals surface area contributed by atoms with Crippen LogP contribution in [-0.2, 0) is 11.3 Å². The van der Waals surface area contributed by atoms with Gasteiger partial charge in [0.2, 0.25) is 5.91 Å². The molecule has 1 heterocycles. The number of H-pyrrole nitrogens is 1. The van der Waals surface area contributed by atoms with Crippen LogP contribution in [-0.4, -0.2) is 29.2 Å². The van der Waals surface area contributed by atoms with Gasteiger partial charge in [0.1, 0.15) is 0 Å². The van der Waals surface area contributed by atoms with Crippen LogP contribution < -0.4 is 21.1 Å². The first kappa shape index (κ1) is 18.2. The third kappa shape index (κ3) is 5.45. The topological polar surface area (TPSA) is 107 Å². The Hall–Kier alpha value is -3.16. The maximum atomic E-state index is 12.1. The van der Waals surface area contributed by atoms with Crippen molar-refractivity contribution >= 4 is 23.3 Å². The monoisotopic (exact) mass is 343 g/mol. The molecule has 0 saturated heterocycles. The van der Waals surface area contributed by atoms with Gasteiger partial charge >= 0.3 is 6.03 Å². The lowest BCUT2D eigenvalue weighted by molar-refractivity contribution is -0.116. The van der Waals surface area contributed by atoms with Gasteiger partial charge in [0.05, 0.1) is 11.9 Å². The van der Waals surface area contributed by atoms with Crippen molar-refractivity contribution in [1.29, 1.82) is 0 Å². The van der Waals surface area contributed by atoms with Crippen LogP contribution in [0.15, 0.2) is 41.3 Å². The molecule has 0 spiro atoms. The van der Waals surface area contributed by atoms with Crippen molar-refractivity contribution in [2.45, 2.75) is 26.3 Å². The minimum atomic E-state index is -0.377. The van der Waals surface area contributed by atoms with Crippen molar-refractivity contribution in [1.82, 2.24) is 15.5 Å². The second-order valence-electron chi connectivity index (χ2n) is 5.52. The fraction of sp³-hybridized carbons (Fsp3) is 0.294. The van der Waals surface area contributed by atoms with E-state index in [0.29, 0.717) is 18.7 Å². The number of benzene rings is 1. The molecule has 0 aliphatic heterocycles. The highest BCUT2D eigenvalue weighted by Gasteiger charge is 2.11. The Morgan fingerprint density at radius 2 is 1.96 bits per heavy atom. The molecule has 8 nitrogen and oxygen atoms in total. The summed E-state index contributed by atoms with van der Waals surface area (Å²) in [6, 6.07) is 8.18. The number of hydrogen-bond donors (Lipinski definition) is 3. The molecule has 2 aromatic rings. The van der Waals surface area contributed by atoms with Crippen molar-refractivity contribution in [3.05, 3.63) is 52.4 Å². The smallest absolute Gasteiger partial charge is 0.321 e. The van der Waals surface area contributed by atoms with Crippen LogP contribution in [0.2, 0.25) is 0 Å². The molecular weight excluding hydrogens is 322 g/mol. The van der Waals surface area contributed by atoms with Crippen LogP contribution in [0.1, 0.15) is 25.3 Å². The number of nitrogens with one attached hydrogen (secondary N) is 3. The molecule has 1 aromatic carbocycles. The lowest BCUT2D eigenvalue weighted by atomic mass is 10.2. The van der Waals surface area contributed by atoms with E-state index in [-0.39, 0.29) is 17.5 Å². The van der Waals surface area contributed by atoms with Crippen LogP contribution in [0.5, 0.6) is 0 Å². The molecule has 0 aliphatic rings. The van der Waals surface area contributed by atoms with E-state index in [9.17, 15) is 14.4 Å². The van der Waals surface area contributed by atoms with E-state index in [0.717, 1.165) is 17.7 Å². The largest absolute Gasteiger partial charge is 0.334 e. The Morgan fingerprint density at radius 1 is 1.24 bits per heavy atom. The van der Waals surface area contributed by atoms with Crippen LogP contribution in [0, 0.1) is 0 Å². The molecule has 3 N–H and O–H groups in total. The number of carbonyl (C=O) groups excluding carboxylic acids is 2. The first-order valence-corrected chi connectivity index (χ1v) is 7.94. The summed E-state index contributed by atoms with van der Waals surface area (Å²) in [6.07, 6.45) is 2.68. The molecule has 0 bridgehead atoms. The molecule has 0 fully saturated rings. The summed E-state index contributed by atoms with van der Waals surface area (Å²) in [5, 5.41) is 11.5. The van der Waals surface area contributed by atoms with E-state index in [4.69, 9.17) is 0 Å². The molecule has 0 atom stereocenters. The average molecular weight is 343 g/mol. The predicted molar refractivity (Wildman–Crippen MR) is 95.5 cm³/mol. The third-order valence-electron chi connectivity index (χ3n) is 3.50. The Kier molecular flexibility index (Phi) is 6.27. The molecule has 3 amide bonds. The van der Waals surface area contributed by atoms with Crippen LogP contribution in [0.25, 0.3) is 0 Å². The van der Waals surface area contributed by atoms with Crippen LogP contribution >= 0.6 is 0 Å². The van der Waals surface area contributed by atoms with E-state index in [2.05, 4.69) is 20.8 Å². The van der Waals surface area contributed by atoms with Crippen molar-refractivity contribution in [2.75, 3.05) is 17.3 Å². The number of aromatic amines is 1. The molecular formula is C17H21N5O3. The summed E-state index contributed by atoms with van der Waals surface area (Å²) < 4.78 is 0. The fourth-order valence-electron chi connectivity index (χ4n) is 2.12. The van der Waals surface area contributed by atoms with E-state index >= 15 is 0 Å². The van der Waals surface area contributed by atoms with Gasteiger partial charge in [0, 0.05) is 31.8 Å². The minimum absolute atomic E-state index is 0.0170. The molecule has 0 radical (unpaired) electrons. The Labute approximate surface area is 145 Å². The number of rotatable bonds is 6. The van der Waals surface area contributed by atoms with Crippen molar-refractivity contribution in [2.24, 2.45) is 0 Å². The summed E-state index contributed by atoms with van der Waals surface area (Å²) in [7, 11) is 1.55. The Morgan fingerprint density at radius 3 is 2.60 bits per heavy atom. The Balaban J connectivity index is 1.89. The third-order valence-corrected chi connectivity index (χ3v) is 3.50. The normalized spacial score (nSPS) is 10.2. The number of carbonyl (C=O) groups is 2. The second-order valence-corrected chi connectivity index (χ2v) is 5.52. The first-order valence-electron chi connectivity index (χ1n) is 7.94. The minimum Gasteiger partial charge on any atom is -0.334 e. The summed E-state index contributed by atoms with van der Waals surface area (Å²) in [5.74, 6) is -0.0170.